The zero-order chi connectivity index (χ0) is 17.0. The molecule has 8 heteroatoms. The number of amides is 1. The normalized spacial score (nSPS) is 20.6. The molecule has 1 aliphatic rings. The molecule has 2 rings (SSSR count). The van der Waals surface area contributed by atoms with Gasteiger partial charge in [0, 0.05) is 24.7 Å². The van der Waals surface area contributed by atoms with Crippen LogP contribution < -0.4 is 10.6 Å². The fourth-order valence-corrected chi connectivity index (χ4v) is 2.79. The molecule has 0 unspecified atom stereocenters. The number of hydrogen-bond donors (Lipinski definition) is 3. The minimum Gasteiger partial charge on any atom is -0.481 e. The molecule has 1 fully saturated rings. The molecule has 3 N–H and O–H groups in total. The molecule has 0 heterocycles. The van der Waals surface area contributed by atoms with Gasteiger partial charge < -0.3 is 15.7 Å². The summed E-state index contributed by atoms with van der Waals surface area (Å²) in [5, 5.41) is 25.7. The van der Waals surface area contributed by atoms with E-state index in [0.717, 1.165) is 0 Å². The van der Waals surface area contributed by atoms with E-state index >= 15 is 0 Å². The number of nitro groups is 1. The van der Waals surface area contributed by atoms with Crippen molar-refractivity contribution in [2.75, 3.05) is 12.4 Å². The summed E-state index contributed by atoms with van der Waals surface area (Å²) < 4.78 is 0. The summed E-state index contributed by atoms with van der Waals surface area (Å²) in [6, 6.07) is 4.28. The van der Waals surface area contributed by atoms with Crippen molar-refractivity contribution in [1.29, 1.82) is 0 Å². The van der Waals surface area contributed by atoms with E-state index in [2.05, 4.69) is 10.6 Å². The molecule has 1 aromatic carbocycles. The van der Waals surface area contributed by atoms with Gasteiger partial charge in [-0.05, 0) is 37.8 Å². The molecule has 1 saturated carbocycles. The van der Waals surface area contributed by atoms with Gasteiger partial charge in [-0.25, -0.2) is 0 Å². The monoisotopic (exact) mass is 321 g/mol. The van der Waals surface area contributed by atoms with Crippen molar-refractivity contribution < 1.29 is 19.6 Å². The van der Waals surface area contributed by atoms with E-state index in [-0.39, 0.29) is 29.1 Å². The van der Waals surface area contributed by atoms with Gasteiger partial charge in [0.15, 0.2) is 0 Å². The maximum absolute atomic E-state index is 11.6. The Bertz CT molecular complexity index is 624. The van der Waals surface area contributed by atoms with Gasteiger partial charge >= 0.3 is 5.97 Å². The summed E-state index contributed by atoms with van der Waals surface area (Å²) in [6.45, 7) is 0. The Hall–Kier alpha value is -2.64. The van der Waals surface area contributed by atoms with Crippen LogP contribution >= 0.6 is 0 Å². The van der Waals surface area contributed by atoms with Crippen LogP contribution in [-0.2, 0) is 4.79 Å². The van der Waals surface area contributed by atoms with Gasteiger partial charge in [-0.2, -0.15) is 0 Å². The largest absolute Gasteiger partial charge is 0.481 e. The van der Waals surface area contributed by atoms with Gasteiger partial charge in [0.05, 0.1) is 10.8 Å². The highest BCUT2D eigenvalue weighted by atomic mass is 16.6. The Balaban J connectivity index is 2.12. The third kappa shape index (κ3) is 3.97. The number of hydrogen-bond acceptors (Lipinski definition) is 5. The number of nitro benzene ring substituents is 1. The SMILES string of the molecule is CNC(=O)c1ccc(NC2CCC(C(=O)O)CC2)c([N+](=O)[O-])c1. The highest BCUT2D eigenvalue weighted by Crippen LogP contribution is 2.31. The lowest BCUT2D eigenvalue weighted by atomic mass is 9.86. The average Bonchev–Trinajstić information content (AvgIpc) is 2.54. The number of anilines is 1. The molecule has 0 saturated heterocycles. The van der Waals surface area contributed by atoms with E-state index in [1.54, 1.807) is 0 Å². The average molecular weight is 321 g/mol. The smallest absolute Gasteiger partial charge is 0.306 e. The Morgan fingerprint density at radius 2 is 1.91 bits per heavy atom. The number of rotatable bonds is 5. The Labute approximate surface area is 133 Å². The van der Waals surface area contributed by atoms with Crippen molar-refractivity contribution in [2.45, 2.75) is 31.7 Å². The second kappa shape index (κ2) is 7.08. The number of carbonyl (C=O) groups excluding carboxylic acids is 1. The third-order valence-electron chi connectivity index (χ3n) is 4.12. The van der Waals surface area contributed by atoms with Crippen LogP contribution in [0.2, 0.25) is 0 Å². The Kier molecular flexibility index (Phi) is 5.15. The van der Waals surface area contributed by atoms with E-state index in [4.69, 9.17) is 5.11 Å². The summed E-state index contributed by atoms with van der Waals surface area (Å²) in [4.78, 5) is 33.2. The molecule has 23 heavy (non-hydrogen) atoms. The number of carboxylic acid groups (broad SMARTS) is 1. The number of carboxylic acids is 1. The fourth-order valence-electron chi connectivity index (χ4n) is 2.79. The zero-order valence-electron chi connectivity index (χ0n) is 12.7. The van der Waals surface area contributed by atoms with Gasteiger partial charge in [-0.3, -0.25) is 19.7 Å². The number of nitrogens with one attached hydrogen (secondary N) is 2. The molecule has 0 bridgehead atoms. The quantitative estimate of drug-likeness (QED) is 0.563. The minimum atomic E-state index is -0.788. The highest BCUT2D eigenvalue weighted by Gasteiger charge is 2.27. The van der Waals surface area contributed by atoms with Crippen LogP contribution in [-0.4, -0.2) is 35.0 Å². The van der Waals surface area contributed by atoms with Crippen LogP contribution in [0.3, 0.4) is 0 Å². The maximum Gasteiger partial charge on any atom is 0.306 e. The summed E-state index contributed by atoms with van der Waals surface area (Å²) in [5.41, 5.74) is 0.409. The second-order valence-corrected chi connectivity index (χ2v) is 5.60. The van der Waals surface area contributed by atoms with Crippen molar-refractivity contribution in [3.8, 4) is 0 Å². The van der Waals surface area contributed by atoms with Crippen LogP contribution in [0.25, 0.3) is 0 Å². The van der Waals surface area contributed by atoms with Gasteiger partial charge in [0.2, 0.25) is 0 Å². The van der Waals surface area contributed by atoms with Crippen LogP contribution in [0.15, 0.2) is 18.2 Å². The first-order chi connectivity index (χ1) is 10.9. The Morgan fingerprint density at radius 3 is 2.43 bits per heavy atom. The van der Waals surface area contributed by atoms with E-state index in [1.165, 1.54) is 25.2 Å². The minimum absolute atomic E-state index is 0.00449. The zero-order valence-corrected chi connectivity index (χ0v) is 12.7. The standard InChI is InChI=1S/C15H19N3O5/c1-16-14(19)10-4-7-12(13(8-10)18(22)23)17-11-5-2-9(3-6-11)15(20)21/h4,7-9,11,17H,2-3,5-6H2,1H3,(H,16,19)(H,20,21). The molecular formula is C15H19N3O5. The van der Waals surface area contributed by atoms with Gasteiger partial charge in [0.1, 0.15) is 5.69 Å². The summed E-state index contributed by atoms with van der Waals surface area (Å²) in [6.07, 6.45) is 2.39. The molecular weight excluding hydrogens is 302 g/mol. The first-order valence-electron chi connectivity index (χ1n) is 7.42. The topological polar surface area (TPSA) is 122 Å². The third-order valence-corrected chi connectivity index (χ3v) is 4.12. The lowest BCUT2D eigenvalue weighted by Gasteiger charge is -2.27. The van der Waals surface area contributed by atoms with Crippen LogP contribution in [0.4, 0.5) is 11.4 Å². The van der Waals surface area contributed by atoms with E-state index in [0.29, 0.717) is 31.4 Å². The highest BCUT2D eigenvalue weighted by molar-refractivity contribution is 5.95. The molecule has 0 spiro atoms. The molecule has 1 aromatic rings. The summed E-state index contributed by atoms with van der Waals surface area (Å²) in [5.74, 6) is -1.51. The first-order valence-corrected chi connectivity index (χ1v) is 7.42. The molecule has 8 nitrogen and oxygen atoms in total. The predicted molar refractivity (Wildman–Crippen MR) is 83.5 cm³/mol. The number of benzene rings is 1. The van der Waals surface area contributed by atoms with Crippen molar-refractivity contribution in [3.05, 3.63) is 33.9 Å². The Morgan fingerprint density at radius 1 is 1.26 bits per heavy atom. The first kappa shape index (κ1) is 16.7. The number of nitrogens with zero attached hydrogens (tertiary/aromatic N) is 1. The molecule has 0 aliphatic heterocycles. The van der Waals surface area contributed by atoms with Crippen molar-refractivity contribution in [3.63, 3.8) is 0 Å². The van der Waals surface area contributed by atoms with E-state index in [1.807, 2.05) is 0 Å². The second-order valence-electron chi connectivity index (χ2n) is 5.60. The van der Waals surface area contributed by atoms with Crippen LogP contribution in [0.1, 0.15) is 36.0 Å². The van der Waals surface area contributed by atoms with Crippen molar-refractivity contribution in [1.82, 2.24) is 5.32 Å². The molecule has 0 aromatic heterocycles. The van der Waals surface area contributed by atoms with Crippen molar-refractivity contribution >= 4 is 23.3 Å². The predicted octanol–water partition coefficient (Wildman–Crippen LogP) is 2.01. The van der Waals surface area contributed by atoms with Gasteiger partial charge in [-0.1, -0.05) is 0 Å². The lowest BCUT2D eigenvalue weighted by Crippen LogP contribution is -2.29. The molecule has 1 amide bonds. The molecule has 0 atom stereocenters. The number of aliphatic carboxylic acids is 1. The molecule has 0 radical (unpaired) electrons. The maximum atomic E-state index is 11.6. The fraction of sp³-hybridized carbons (Fsp3) is 0.467. The van der Waals surface area contributed by atoms with Gasteiger partial charge in [0.25, 0.3) is 11.6 Å². The summed E-state index contributed by atoms with van der Waals surface area (Å²) >= 11 is 0. The van der Waals surface area contributed by atoms with E-state index in [9.17, 15) is 19.7 Å². The van der Waals surface area contributed by atoms with Gasteiger partial charge in [-0.15, -0.1) is 0 Å². The van der Waals surface area contributed by atoms with Crippen LogP contribution in [0, 0.1) is 16.0 Å². The van der Waals surface area contributed by atoms with Crippen LogP contribution in [0.5, 0.6) is 0 Å². The van der Waals surface area contributed by atoms with Crippen molar-refractivity contribution in [2.24, 2.45) is 5.92 Å². The molecule has 1 aliphatic carbocycles. The lowest BCUT2D eigenvalue weighted by molar-refractivity contribution is -0.384. The number of carbonyl (C=O) groups is 2. The van der Waals surface area contributed by atoms with E-state index < -0.39 is 10.9 Å². The molecule has 124 valence electrons. The summed E-state index contributed by atoms with van der Waals surface area (Å²) in [7, 11) is 1.46.